The summed E-state index contributed by atoms with van der Waals surface area (Å²) in [5.41, 5.74) is 0.238. The summed E-state index contributed by atoms with van der Waals surface area (Å²) in [6, 6.07) is 0. The monoisotopic (exact) mass is 241 g/mol. The second-order valence-corrected chi connectivity index (χ2v) is 5.79. The van der Waals surface area contributed by atoms with Crippen LogP contribution in [-0.4, -0.2) is 39.5 Å². The molecule has 0 aromatic heterocycles. The lowest BCUT2D eigenvalue weighted by atomic mass is 9.83. The molecule has 0 aromatic rings. The third kappa shape index (κ3) is 4.57. The Morgan fingerprint density at radius 2 is 2.29 bits per heavy atom. The van der Waals surface area contributed by atoms with Crippen molar-refractivity contribution in [3.05, 3.63) is 0 Å². The van der Waals surface area contributed by atoms with Gasteiger partial charge in [0.25, 0.3) is 0 Å². The van der Waals surface area contributed by atoms with E-state index < -0.39 is 0 Å². The van der Waals surface area contributed by atoms with Crippen LogP contribution in [0.4, 0.5) is 0 Å². The van der Waals surface area contributed by atoms with Crippen LogP contribution in [0.5, 0.6) is 0 Å². The molecule has 2 aliphatic rings. The van der Waals surface area contributed by atoms with E-state index in [1.54, 1.807) is 0 Å². The molecule has 1 N–H and O–H groups in total. The van der Waals surface area contributed by atoms with Crippen LogP contribution >= 0.6 is 0 Å². The zero-order valence-corrected chi connectivity index (χ0v) is 11.2. The normalized spacial score (nSPS) is 29.5. The molecular weight excluding hydrogens is 214 g/mol. The second-order valence-electron chi connectivity index (χ2n) is 5.79. The molecule has 3 nitrogen and oxygen atoms in total. The average molecular weight is 241 g/mol. The highest BCUT2D eigenvalue weighted by molar-refractivity contribution is 4.84. The first kappa shape index (κ1) is 13.3. The summed E-state index contributed by atoms with van der Waals surface area (Å²) in [6.45, 7) is 8.00. The molecule has 0 spiro atoms. The summed E-state index contributed by atoms with van der Waals surface area (Å²) in [6.07, 6.45) is 6.37. The number of ether oxygens (including phenoxy) is 2. The summed E-state index contributed by atoms with van der Waals surface area (Å²) < 4.78 is 11.6. The van der Waals surface area contributed by atoms with E-state index in [4.69, 9.17) is 9.47 Å². The standard InChI is InChI=1S/C14H27NO2/c1-2-7-15-10-14(6-3-8-16-11-14)12-17-9-13-4-5-13/h13,15H,2-12H2,1H3. The van der Waals surface area contributed by atoms with Gasteiger partial charge in [-0.25, -0.2) is 0 Å². The van der Waals surface area contributed by atoms with Crippen molar-refractivity contribution in [1.29, 1.82) is 0 Å². The maximum atomic E-state index is 5.91. The topological polar surface area (TPSA) is 30.5 Å². The molecular formula is C14H27NO2. The number of rotatable bonds is 8. The third-order valence-electron chi connectivity index (χ3n) is 3.79. The van der Waals surface area contributed by atoms with Crippen LogP contribution in [0.1, 0.15) is 39.0 Å². The quantitative estimate of drug-likeness (QED) is 0.661. The third-order valence-corrected chi connectivity index (χ3v) is 3.79. The summed E-state index contributed by atoms with van der Waals surface area (Å²) in [5.74, 6) is 0.861. The van der Waals surface area contributed by atoms with Crippen LogP contribution in [0.15, 0.2) is 0 Å². The second kappa shape index (κ2) is 6.72. The predicted octanol–water partition coefficient (Wildman–Crippen LogP) is 2.21. The molecule has 17 heavy (non-hydrogen) atoms. The Balaban J connectivity index is 1.72. The Morgan fingerprint density at radius 3 is 2.94 bits per heavy atom. The van der Waals surface area contributed by atoms with Crippen molar-refractivity contribution in [3.63, 3.8) is 0 Å². The fourth-order valence-corrected chi connectivity index (χ4v) is 2.47. The Morgan fingerprint density at radius 1 is 1.41 bits per heavy atom. The van der Waals surface area contributed by atoms with Gasteiger partial charge in [-0.15, -0.1) is 0 Å². The fourth-order valence-electron chi connectivity index (χ4n) is 2.47. The van der Waals surface area contributed by atoms with Gasteiger partial charge in [0.2, 0.25) is 0 Å². The van der Waals surface area contributed by atoms with E-state index in [1.807, 2.05) is 0 Å². The van der Waals surface area contributed by atoms with Crippen LogP contribution in [0.2, 0.25) is 0 Å². The summed E-state index contributed by atoms with van der Waals surface area (Å²) in [7, 11) is 0. The first-order chi connectivity index (χ1) is 8.35. The van der Waals surface area contributed by atoms with Gasteiger partial charge < -0.3 is 14.8 Å². The van der Waals surface area contributed by atoms with Crippen molar-refractivity contribution in [2.45, 2.75) is 39.0 Å². The molecule has 0 aromatic carbocycles. The molecule has 1 aliphatic heterocycles. The van der Waals surface area contributed by atoms with Crippen molar-refractivity contribution in [3.8, 4) is 0 Å². The smallest absolute Gasteiger partial charge is 0.0556 e. The molecule has 100 valence electrons. The van der Waals surface area contributed by atoms with E-state index in [1.165, 1.54) is 32.1 Å². The maximum absolute atomic E-state index is 5.91. The Bertz CT molecular complexity index is 210. The van der Waals surface area contributed by atoms with Crippen molar-refractivity contribution >= 4 is 0 Å². The van der Waals surface area contributed by atoms with Crippen molar-refractivity contribution in [2.75, 3.05) is 39.5 Å². The molecule has 2 fully saturated rings. The van der Waals surface area contributed by atoms with Crippen LogP contribution in [0, 0.1) is 11.3 Å². The van der Waals surface area contributed by atoms with Crippen LogP contribution in [-0.2, 0) is 9.47 Å². The SMILES string of the molecule is CCCNCC1(COCC2CC2)CCCOC1. The maximum Gasteiger partial charge on any atom is 0.0556 e. The summed E-state index contributed by atoms with van der Waals surface area (Å²) in [5, 5.41) is 3.54. The predicted molar refractivity (Wildman–Crippen MR) is 69.2 cm³/mol. The highest BCUT2D eigenvalue weighted by Crippen LogP contribution is 2.32. The molecule has 0 radical (unpaired) electrons. The molecule has 1 aliphatic carbocycles. The minimum absolute atomic E-state index is 0.238. The Kier molecular flexibility index (Phi) is 5.26. The Labute approximate surface area is 105 Å². The van der Waals surface area contributed by atoms with Gasteiger partial charge in [0.05, 0.1) is 13.2 Å². The first-order valence-corrected chi connectivity index (χ1v) is 7.21. The summed E-state index contributed by atoms with van der Waals surface area (Å²) in [4.78, 5) is 0. The van der Waals surface area contributed by atoms with Gasteiger partial charge >= 0.3 is 0 Å². The van der Waals surface area contributed by atoms with E-state index in [2.05, 4.69) is 12.2 Å². The van der Waals surface area contributed by atoms with Gasteiger partial charge in [-0.1, -0.05) is 6.92 Å². The number of nitrogens with one attached hydrogen (secondary N) is 1. The molecule has 3 heteroatoms. The van der Waals surface area contributed by atoms with Gasteiger partial charge in [0, 0.05) is 25.2 Å². The minimum Gasteiger partial charge on any atom is -0.381 e. The van der Waals surface area contributed by atoms with E-state index in [-0.39, 0.29) is 5.41 Å². The Hall–Kier alpha value is -0.120. The van der Waals surface area contributed by atoms with Crippen LogP contribution in [0.3, 0.4) is 0 Å². The zero-order chi connectivity index (χ0) is 12.0. The van der Waals surface area contributed by atoms with Gasteiger partial charge in [-0.05, 0) is 44.6 Å². The van der Waals surface area contributed by atoms with Gasteiger partial charge in [0.15, 0.2) is 0 Å². The molecule has 2 rings (SSSR count). The zero-order valence-electron chi connectivity index (χ0n) is 11.2. The van der Waals surface area contributed by atoms with E-state index in [0.717, 1.165) is 45.4 Å². The molecule has 0 amide bonds. The lowest BCUT2D eigenvalue weighted by Crippen LogP contribution is -2.44. The first-order valence-electron chi connectivity index (χ1n) is 7.21. The summed E-state index contributed by atoms with van der Waals surface area (Å²) >= 11 is 0. The molecule has 1 saturated heterocycles. The average Bonchev–Trinajstić information content (AvgIpc) is 3.15. The van der Waals surface area contributed by atoms with Crippen molar-refractivity contribution in [1.82, 2.24) is 5.32 Å². The van der Waals surface area contributed by atoms with Gasteiger partial charge in [-0.2, -0.15) is 0 Å². The lowest BCUT2D eigenvalue weighted by molar-refractivity contribution is -0.0595. The van der Waals surface area contributed by atoms with Gasteiger partial charge in [-0.3, -0.25) is 0 Å². The lowest BCUT2D eigenvalue weighted by Gasteiger charge is -2.37. The van der Waals surface area contributed by atoms with Gasteiger partial charge in [0.1, 0.15) is 0 Å². The minimum atomic E-state index is 0.238. The molecule has 0 bridgehead atoms. The van der Waals surface area contributed by atoms with Crippen LogP contribution in [0.25, 0.3) is 0 Å². The van der Waals surface area contributed by atoms with Crippen molar-refractivity contribution < 1.29 is 9.47 Å². The van der Waals surface area contributed by atoms with E-state index >= 15 is 0 Å². The number of hydrogen-bond donors (Lipinski definition) is 1. The van der Waals surface area contributed by atoms with E-state index in [0.29, 0.717) is 0 Å². The van der Waals surface area contributed by atoms with Crippen LogP contribution < -0.4 is 5.32 Å². The molecule has 1 heterocycles. The highest BCUT2D eigenvalue weighted by atomic mass is 16.5. The van der Waals surface area contributed by atoms with E-state index in [9.17, 15) is 0 Å². The molecule has 1 saturated carbocycles. The molecule has 1 unspecified atom stereocenters. The largest absolute Gasteiger partial charge is 0.381 e. The number of hydrogen-bond acceptors (Lipinski definition) is 3. The van der Waals surface area contributed by atoms with Crippen molar-refractivity contribution in [2.24, 2.45) is 11.3 Å². The molecule has 1 atom stereocenters. The highest BCUT2D eigenvalue weighted by Gasteiger charge is 2.33. The fraction of sp³-hybridized carbons (Fsp3) is 1.00.